The Morgan fingerprint density at radius 3 is 2.68 bits per heavy atom. The fourth-order valence-corrected chi connectivity index (χ4v) is 3.51. The minimum Gasteiger partial charge on any atom is -0.369 e. The van der Waals surface area contributed by atoms with Gasteiger partial charge in [0.2, 0.25) is 0 Å². The highest BCUT2D eigenvalue weighted by Gasteiger charge is 2.30. The van der Waals surface area contributed by atoms with E-state index in [1.54, 1.807) is 17.4 Å². The third kappa shape index (κ3) is 4.10. The summed E-state index contributed by atoms with van der Waals surface area (Å²) in [7, 11) is 0. The van der Waals surface area contributed by atoms with Crippen LogP contribution in [0, 0.1) is 6.92 Å². The normalized spacial score (nSPS) is 11.9. The number of fused-ring (bicyclic) bond motifs is 1. The van der Waals surface area contributed by atoms with Crippen molar-refractivity contribution in [2.75, 3.05) is 11.9 Å². The number of hydrogen-bond donors (Lipinski definition) is 1. The Morgan fingerprint density at radius 1 is 1.16 bits per heavy atom. The van der Waals surface area contributed by atoms with E-state index in [1.807, 2.05) is 19.9 Å². The van der Waals surface area contributed by atoms with Crippen LogP contribution >= 0.6 is 11.3 Å². The fourth-order valence-electron chi connectivity index (χ4n) is 2.61. The smallest absolute Gasteiger partial charge is 0.369 e. The molecule has 132 valence electrons. The Morgan fingerprint density at radius 2 is 1.96 bits per heavy atom. The van der Waals surface area contributed by atoms with Gasteiger partial charge >= 0.3 is 6.18 Å². The van der Waals surface area contributed by atoms with Gasteiger partial charge in [0, 0.05) is 17.8 Å². The van der Waals surface area contributed by atoms with Crippen molar-refractivity contribution in [3.63, 3.8) is 0 Å². The molecule has 0 aliphatic carbocycles. The van der Waals surface area contributed by atoms with E-state index in [4.69, 9.17) is 0 Å². The van der Waals surface area contributed by atoms with Gasteiger partial charge in [0.1, 0.15) is 16.5 Å². The number of benzene rings is 1. The van der Waals surface area contributed by atoms with Crippen LogP contribution in [0.5, 0.6) is 0 Å². The second kappa shape index (κ2) is 7.00. The zero-order valence-electron chi connectivity index (χ0n) is 13.9. The molecule has 25 heavy (non-hydrogen) atoms. The first kappa shape index (κ1) is 17.7. The average Bonchev–Trinajstić information content (AvgIpc) is 2.94. The van der Waals surface area contributed by atoms with E-state index < -0.39 is 11.7 Å². The molecule has 0 saturated heterocycles. The van der Waals surface area contributed by atoms with Gasteiger partial charge in [-0.25, -0.2) is 9.97 Å². The Bertz CT molecular complexity index is 887. The molecule has 0 amide bonds. The van der Waals surface area contributed by atoms with Crippen LogP contribution in [0.4, 0.5) is 19.0 Å². The van der Waals surface area contributed by atoms with E-state index in [0.717, 1.165) is 39.2 Å². The molecule has 3 rings (SSSR count). The summed E-state index contributed by atoms with van der Waals surface area (Å²) in [5, 5.41) is 4.22. The van der Waals surface area contributed by atoms with Crippen LogP contribution in [0.15, 0.2) is 30.3 Å². The summed E-state index contributed by atoms with van der Waals surface area (Å²) >= 11 is 1.61. The molecular formula is C18H18F3N3S. The van der Waals surface area contributed by atoms with Gasteiger partial charge in [-0.2, -0.15) is 13.2 Å². The third-order valence-electron chi connectivity index (χ3n) is 3.84. The molecule has 0 spiro atoms. The number of nitrogens with one attached hydrogen (secondary N) is 1. The summed E-state index contributed by atoms with van der Waals surface area (Å²) in [6, 6.07) is 7.47. The molecule has 0 atom stereocenters. The van der Waals surface area contributed by atoms with Crippen LogP contribution in [0.1, 0.15) is 28.8 Å². The topological polar surface area (TPSA) is 37.8 Å². The Hall–Kier alpha value is -2.15. The predicted octanol–water partition coefficient (Wildman–Crippen LogP) is 5.24. The average molecular weight is 365 g/mol. The van der Waals surface area contributed by atoms with Crippen molar-refractivity contribution < 1.29 is 13.2 Å². The summed E-state index contributed by atoms with van der Waals surface area (Å²) < 4.78 is 38.4. The highest BCUT2D eigenvalue weighted by molar-refractivity contribution is 7.18. The van der Waals surface area contributed by atoms with Gasteiger partial charge in [-0.15, -0.1) is 11.3 Å². The van der Waals surface area contributed by atoms with Crippen LogP contribution in [-0.2, 0) is 19.0 Å². The van der Waals surface area contributed by atoms with E-state index in [1.165, 1.54) is 12.1 Å². The Labute approximate surface area is 147 Å². The van der Waals surface area contributed by atoms with Crippen molar-refractivity contribution in [3.8, 4) is 0 Å². The Kier molecular flexibility index (Phi) is 4.94. The number of nitrogens with zero attached hydrogens (tertiary/aromatic N) is 2. The molecule has 0 aliphatic heterocycles. The first-order valence-corrected chi connectivity index (χ1v) is 8.85. The first-order valence-electron chi connectivity index (χ1n) is 8.04. The maximum Gasteiger partial charge on any atom is 0.416 e. The van der Waals surface area contributed by atoms with Crippen LogP contribution in [0.3, 0.4) is 0 Å². The van der Waals surface area contributed by atoms with Crippen LogP contribution < -0.4 is 5.32 Å². The summed E-state index contributed by atoms with van der Waals surface area (Å²) in [4.78, 5) is 11.1. The number of aryl methyl sites for hydroxylation is 2. The predicted molar refractivity (Wildman–Crippen MR) is 95.2 cm³/mol. The number of halogens is 3. The summed E-state index contributed by atoms with van der Waals surface area (Å²) in [6.07, 6.45) is -3.10. The Balaban J connectivity index is 1.75. The molecule has 2 aromatic heterocycles. The van der Waals surface area contributed by atoms with Gasteiger partial charge < -0.3 is 5.32 Å². The molecule has 1 N–H and O–H groups in total. The standard InChI is InChI=1S/C18H18F3N3S/c1-3-15-23-16(14-9-11(2)25-17(14)24-15)22-8-7-12-5-4-6-13(10-12)18(19,20)21/h4-6,9-10H,3,7-8H2,1-2H3,(H,22,23,24). The monoisotopic (exact) mass is 365 g/mol. The zero-order chi connectivity index (χ0) is 18.0. The van der Waals surface area contributed by atoms with E-state index >= 15 is 0 Å². The minimum absolute atomic E-state index is 0.486. The SMILES string of the molecule is CCc1nc(NCCc2cccc(C(F)(F)F)c2)c2cc(C)sc2n1. The highest BCUT2D eigenvalue weighted by atomic mass is 32.1. The summed E-state index contributed by atoms with van der Waals surface area (Å²) in [5.41, 5.74) is 0.0287. The van der Waals surface area contributed by atoms with E-state index in [0.29, 0.717) is 18.5 Å². The van der Waals surface area contributed by atoms with E-state index in [2.05, 4.69) is 15.3 Å². The lowest BCUT2D eigenvalue weighted by molar-refractivity contribution is -0.137. The first-order chi connectivity index (χ1) is 11.9. The summed E-state index contributed by atoms with van der Waals surface area (Å²) in [5.74, 6) is 1.51. The van der Waals surface area contributed by atoms with Gasteiger partial charge in [-0.1, -0.05) is 25.1 Å². The molecule has 0 fully saturated rings. The van der Waals surface area contributed by atoms with Crippen molar-refractivity contribution in [1.29, 1.82) is 0 Å². The molecule has 7 heteroatoms. The zero-order valence-corrected chi connectivity index (χ0v) is 14.8. The number of alkyl halides is 3. The van der Waals surface area contributed by atoms with E-state index in [9.17, 15) is 13.2 Å². The maximum atomic E-state index is 12.8. The molecule has 2 heterocycles. The van der Waals surface area contributed by atoms with Crippen LogP contribution in [0.25, 0.3) is 10.2 Å². The van der Waals surface area contributed by atoms with Gasteiger partial charge in [0.25, 0.3) is 0 Å². The quantitative estimate of drug-likeness (QED) is 0.672. The maximum absolute atomic E-state index is 12.8. The molecule has 0 saturated carbocycles. The number of thiophene rings is 1. The number of hydrogen-bond acceptors (Lipinski definition) is 4. The van der Waals surface area contributed by atoms with Crippen molar-refractivity contribution in [2.24, 2.45) is 0 Å². The molecular weight excluding hydrogens is 347 g/mol. The highest BCUT2D eigenvalue weighted by Crippen LogP contribution is 2.30. The molecule has 3 aromatic rings. The van der Waals surface area contributed by atoms with Crippen LogP contribution in [-0.4, -0.2) is 16.5 Å². The van der Waals surface area contributed by atoms with Crippen LogP contribution in [0.2, 0.25) is 0 Å². The van der Waals surface area contributed by atoms with Gasteiger partial charge in [0.05, 0.1) is 10.9 Å². The second-order valence-corrected chi connectivity index (χ2v) is 7.03. The van der Waals surface area contributed by atoms with E-state index in [-0.39, 0.29) is 0 Å². The number of anilines is 1. The number of aromatic nitrogens is 2. The lowest BCUT2D eigenvalue weighted by atomic mass is 10.1. The largest absolute Gasteiger partial charge is 0.416 e. The lowest BCUT2D eigenvalue weighted by Crippen LogP contribution is -2.10. The van der Waals surface area contributed by atoms with Crippen molar-refractivity contribution in [3.05, 3.63) is 52.2 Å². The summed E-state index contributed by atoms with van der Waals surface area (Å²) in [6.45, 7) is 4.52. The fraction of sp³-hybridized carbons (Fsp3) is 0.333. The lowest BCUT2D eigenvalue weighted by Gasteiger charge is -2.10. The van der Waals surface area contributed by atoms with Crippen molar-refractivity contribution in [2.45, 2.75) is 32.9 Å². The second-order valence-electron chi connectivity index (χ2n) is 5.79. The molecule has 3 nitrogen and oxygen atoms in total. The van der Waals surface area contributed by atoms with Gasteiger partial charge in [-0.3, -0.25) is 0 Å². The molecule has 1 aromatic carbocycles. The molecule has 0 bridgehead atoms. The minimum atomic E-state index is -4.31. The molecule has 0 radical (unpaired) electrons. The van der Waals surface area contributed by atoms with Gasteiger partial charge in [0.15, 0.2) is 0 Å². The van der Waals surface area contributed by atoms with Crippen molar-refractivity contribution in [1.82, 2.24) is 9.97 Å². The third-order valence-corrected chi connectivity index (χ3v) is 4.78. The van der Waals surface area contributed by atoms with Crippen molar-refractivity contribution >= 4 is 27.4 Å². The number of rotatable bonds is 5. The molecule has 0 aliphatic rings. The van der Waals surface area contributed by atoms with Gasteiger partial charge in [-0.05, 0) is 31.0 Å². The molecule has 0 unspecified atom stereocenters.